The highest BCUT2D eigenvalue weighted by Gasteiger charge is 2.55. The second-order valence-electron chi connectivity index (χ2n) is 13.3. The Labute approximate surface area is 227 Å². The maximum absolute atomic E-state index is 13.7. The van der Waals surface area contributed by atoms with Gasteiger partial charge in [0, 0.05) is 30.8 Å². The summed E-state index contributed by atoms with van der Waals surface area (Å²) in [6.07, 6.45) is 6.16. The molecular weight excluding hydrogens is 480 g/mol. The number of Topliss-reactive ketones (excluding diaryl/α,β-unsaturated/α-hetero) is 2. The van der Waals surface area contributed by atoms with Crippen molar-refractivity contribution in [3.05, 3.63) is 36.0 Å². The molecule has 3 fully saturated rings. The summed E-state index contributed by atoms with van der Waals surface area (Å²) in [5.74, 6) is -0.370. The maximum Gasteiger partial charge on any atom is 0.309 e. The van der Waals surface area contributed by atoms with Crippen molar-refractivity contribution in [2.45, 2.75) is 92.1 Å². The molecule has 4 rings (SSSR count). The molecule has 0 heterocycles. The standard InChI is InChI=1S/C32H44O6/c1-18-11-12-29(20(3)28(35)14-26-23(18)16-32(26,7)17-37-21(4)33)38-30(36)22-10-8-9-19(2)27(34)13-25-24(22)15-31(25,5)6/h9,22-26,29H,1,3,8,10-17H2,2,4-7H3. The number of allylic oxidation sites excluding steroid dienone is 3. The van der Waals surface area contributed by atoms with Crippen LogP contribution in [0.5, 0.6) is 0 Å². The summed E-state index contributed by atoms with van der Waals surface area (Å²) in [7, 11) is 0. The zero-order valence-corrected chi connectivity index (χ0v) is 23.8. The van der Waals surface area contributed by atoms with E-state index in [1.54, 1.807) is 0 Å². The van der Waals surface area contributed by atoms with Crippen LogP contribution in [0.25, 0.3) is 0 Å². The van der Waals surface area contributed by atoms with E-state index in [-0.39, 0.29) is 77.0 Å². The van der Waals surface area contributed by atoms with Gasteiger partial charge in [0.1, 0.15) is 6.10 Å². The fourth-order valence-corrected chi connectivity index (χ4v) is 7.55. The monoisotopic (exact) mass is 524 g/mol. The van der Waals surface area contributed by atoms with Gasteiger partial charge in [-0.15, -0.1) is 0 Å². The van der Waals surface area contributed by atoms with Gasteiger partial charge in [0.25, 0.3) is 0 Å². The minimum Gasteiger partial charge on any atom is -0.465 e. The number of fused-ring (bicyclic) bond motifs is 2. The lowest BCUT2D eigenvalue weighted by Gasteiger charge is -2.54. The van der Waals surface area contributed by atoms with E-state index in [0.29, 0.717) is 37.7 Å². The SMILES string of the molecule is C=C1C(=O)CC2C(CC2(C)COC(C)=O)C(=C)CCC1OC(=O)C1CCC=C(C)C(=O)CC2C1CC2(C)C. The number of hydrogen-bond acceptors (Lipinski definition) is 6. The van der Waals surface area contributed by atoms with E-state index < -0.39 is 6.10 Å². The average molecular weight is 525 g/mol. The van der Waals surface area contributed by atoms with Gasteiger partial charge in [0.05, 0.1) is 12.5 Å². The predicted octanol–water partition coefficient (Wildman–Crippen LogP) is 5.95. The van der Waals surface area contributed by atoms with Crippen LogP contribution in [-0.2, 0) is 28.7 Å². The van der Waals surface area contributed by atoms with E-state index in [0.717, 1.165) is 24.0 Å². The van der Waals surface area contributed by atoms with Crippen molar-refractivity contribution in [1.82, 2.24) is 0 Å². The molecule has 0 aromatic heterocycles. The number of ketones is 2. The van der Waals surface area contributed by atoms with Crippen molar-refractivity contribution in [1.29, 1.82) is 0 Å². The van der Waals surface area contributed by atoms with Gasteiger partial charge in [0.15, 0.2) is 11.6 Å². The number of ether oxygens (including phenoxy) is 2. The number of carbonyl (C=O) groups is 4. The van der Waals surface area contributed by atoms with E-state index in [4.69, 9.17) is 9.47 Å². The van der Waals surface area contributed by atoms with Crippen LogP contribution in [0.2, 0.25) is 0 Å². The summed E-state index contributed by atoms with van der Waals surface area (Å²) in [6.45, 7) is 18.4. The Morgan fingerprint density at radius 1 is 1.03 bits per heavy atom. The zero-order valence-electron chi connectivity index (χ0n) is 23.8. The van der Waals surface area contributed by atoms with Crippen LogP contribution in [0.3, 0.4) is 0 Å². The molecule has 0 bridgehead atoms. The molecule has 3 saturated carbocycles. The Hall–Kier alpha value is -2.50. The third kappa shape index (κ3) is 5.46. The molecule has 7 unspecified atom stereocenters. The first kappa shape index (κ1) is 28.5. The van der Waals surface area contributed by atoms with E-state index in [2.05, 4.69) is 33.9 Å². The summed E-state index contributed by atoms with van der Waals surface area (Å²) >= 11 is 0. The van der Waals surface area contributed by atoms with Crippen molar-refractivity contribution in [2.75, 3.05) is 6.61 Å². The number of esters is 2. The lowest BCUT2D eigenvalue weighted by molar-refractivity contribution is -0.164. The minimum atomic E-state index is -0.679. The maximum atomic E-state index is 13.7. The first-order chi connectivity index (χ1) is 17.7. The van der Waals surface area contributed by atoms with Crippen molar-refractivity contribution in [3.8, 4) is 0 Å². The Bertz CT molecular complexity index is 1080. The Morgan fingerprint density at radius 2 is 1.71 bits per heavy atom. The van der Waals surface area contributed by atoms with Gasteiger partial charge in [-0.05, 0) is 80.1 Å². The molecule has 0 saturated heterocycles. The van der Waals surface area contributed by atoms with Crippen LogP contribution < -0.4 is 0 Å². The third-order valence-electron chi connectivity index (χ3n) is 10.2. The largest absolute Gasteiger partial charge is 0.465 e. The molecule has 38 heavy (non-hydrogen) atoms. The second-order valence-corrected chi connectivity index (χ2v) is 13.3. The van der Waals surface area contributed by atoms with E-state index in [1.807, 2.05) is 13.0 Å². The molecule has 0 aliphatic heterocycles. The van der Waals surface area contributed by atoms with Crippen molar-refractivity contribution >= 4 is 23.5 Å². The molecule has 0 N–H and O–H groups in total. The highest BCUT2D eigenvalue weighted by molar-refractivity contribution is 5.96. The molecule has 6 heteroatoms. The lowest BCUT2D eigenvalue weighted by atomic mass is 9.50. The third-order valence-corrected chi connectivity index (χ3v) is 10.2. The van der Waals surface area contributed by atoms with E-state index >= 15 is 0 Å². The highest BCUT2D eigenvalue weighted by Crippen LogP contribution is 2.58. The number of hydrogen-bond donors (Lipinski definition) is 0. The molecule has 0 amide bonds. The topological polar surface area (TPSA) is 86.7 Å². The Morgan fingerprint density at radius 3 is 2.37 bits per heavy atom. The molecule has 208 valence electrons. The van der Waals surface area contributed by atoms with Gasteiger partial charge in [-0.3, -0.25) is 19.2 Å². The molecule has 0 spiro atoms. The summed E-state index contributed by atoms with van der Waals surface area (Å²) < 4.78 is 11.4. The molecule has 7 atom stereocenters. The Balaban J connectivity index is 1.48. The normalized spacial score (nSPS) is 37.2. The molecule has 0 aromatic carbocycles. The molecule has 4 aliphatic rings. The fraction of sp³-hybridized carbons (Fsp3) is 0.688. The molecule has 0 aromatic rings. The van der Waals surface area contributed by atoms with Crippen molar-refractivity contribution < 1.29 is 28.7 Å². The Kier molecular flexibility index (Phi) is 7.94. The summed E-state index contributed by atoms with van der Waals surface area (Å²) in [6, 6.07) is 0. The average Bonchev–Trinajstić information content (AvgIpc) is 2.91. The molecule has 0 radical (unpaired) electrons. The minimum absolute atomic E-state index is 0.0109. The van der Waals surface area contributed by atoms with Gasteiger partial charge in [-0.2, -0.15) is 0 Å². The van der Waals surface area contributed by atoms with Gasteiger partial charge in [0.2, 0.25) is 0 Å². The van der Waals surface area contributed by atoms with Crippen molar-refractivity contribution in [3.63, 3.8) is 0 Å². The summed E-state index contributed by atoms with van der Waals surface area (Å²) in [5.41, 5.74) is 1.91. The lowest BCUT2D eigenvalue weighted by Crippen LogP contribution is -2.50. The van der Waals surface area contributed by atoms with Crippen molar-refractivity contribution in [2.24, 2.45) is 40.4 Å². The van der Waals surface area contributed by atoms with Crippen LogP contribution in [-0.4, -0.2) is 36.2 Å². The summed E-state index contributed by atoms with van der Waals surface area (Å²) in [4.78, 5) is 51.2. The van der Waals surface area contributed by atoms with Gasteiger partial charge in [-0.25, -0.2) is 0 Å². The molecule has 4 aliphatic carbocycles. The zero-order chi connectivity index (χ0) is 28.0. The van der Waals surface area contributed by atoms with Crippen LogP contribution >= 0.6 is 0 Å². The van der Waals surface area contributed by atoms with E-state index in [9.17, 15) is 19.2 Å². The number of carbonyl (C=O) groups excluding carboxylic acids is 4. The fourth-order valence-electron chi connectivity index (χ4n) is 7.55. The van der Waals surface area contributed by atoms with Crippen LogP contribution in [0.15, 0.2) is 36.0 Å². The molecule has 6 nitrogen and oxygen atoms in total. The van der Waals surface area contributed by atoms with Crippen LogP contribution in [0.1, 0.15) is 86.0 Å². The van der Waals surface area contributed by atoms with Gasteiger partial charge >= 0.3 is 11.9 Å². The van der Waals surface area contributed by atoms with Gasteiger partial charge < -0.3 is 9.47 Å². The summed E-state index contributed by atoms with van der Waals surface area (Å²) in [5, 5.41) is 0. The van der Waals surface area contributed by atoms with E-state index in [1.165, 1.54) is 6.92 Å². The highest BCUT2D eigenvalue weighted by atomic mass is 16.5. The predicted molar refractivity (Wildman–Crippen MR) is 145 cm³/mol. The second kappa shape index (κ2) is 10.6. The first-order valence-corrected chi connectivity index (χ1v) is 14.2. The molecular formula is C32H44O6. The quantitative estimate of drug-likeness (QED) is 0.257. The number of rotatable bonds is 4. The van der Waals surface area contributed by atoms with Gasteiger partial charge in [-0.1, -0.05) is 45.6 Å². The smallest absolute Gasteiger partial charge is 0.309 e. The van der Waals surface area contributed by atoms with Crippen LogP contribution in [0, 0.1) is 40.4 Å². The van der Waals surface area contributed by atoms with Crippen LogP contribution in [0.4, 0.5) is 0 Å². The first-order valence-electron chi connectivity index (χ1n) is 14.2.